The zero-order valence-corrected chi connectivity index (χ0v) is 18.8. The van der Waals surface area contributed by atoms with Gasteiger partial charge in [0.05, 0.1) is 31.8 Å². The van der Waals surface area contributed by atoms with Gasteiger partial charge in [-0.05, 0) is 39.7 Å². The van der Waals surface area contributed by atoms with Crippen LogP contribution in [0, 0.1) is 0 Å². The number of benzene rings is 2. The van der Waals surface area contributed by atoms with Crippen molar-refractivity contribution >= 4 is 51.6 Å². The van der Waals surface area contributed by atoms with Crippen LogP contribution in [0.15, 0.2) is 45.9 Å². The van der Waals surface area contributed by atoms with Crippen LogP contribution in [0.3, 0.4) is 0 Å². The Balaban J connectivity index is 0.00000338. The molecule has 0 spiro atoms. The maximum absolute atomic E-state index is 6.01. The number of guanidine groups is 1. The van der Waals surface area contributed by atoms with Crippen molar-refractivity contribution in [3.05, 3.63) is 52.0 Å². The predicted octanol–water partition coefficient (Wildman–Crippen LogP) is 4.16. The second-order valence-electron chi connectivity index (χ2n) is 5.23. The number of hydrogen-bond acceptors (Lipinski definition) is 4. The molecule has 3 N–H and O–H groups in total. The number of nitrogens with zero attached hydrogens (tertiary/aromatic N) is 1. The number of halogens is 2. The van der Waals surface area contributed by atoms with Crippen LogP contribution in [-0.4, -0.2) is 27.3 Å². The lowest BCUT2D eigenvalue weighted by Gasteiger charge is -2.12. The summed E-state index contributed by atoms with van der Waals surface area (Å²) < 4.78 is 16.6. The van der Waals surface area contributed by atoms with Crippen LogP contribution in [-0.2, 0) is 17.9 Å². The van der Waals surface area contributed by atoms with Gasteiger partial charge in [-0.25, -0.2) is 4.99 Å². The highest BCUT2D eigenvalue weighted by atomic mass is 127. The number of rotatable bonds is 7. The van der Waals surface area contributed by atoms with Crippen LogP contribution in [0.1, 0.15) is 11.1 Å². The zero-order chi connectivity index (χ0) is 18.2. The van der Waals surface area contributed by atoms with E-state index in [1.807, 2.05) is 36.4 Å². The van der Waals surface area contributed by atoms with E-state index in [0.717, 1.165) is 21.3 Å². The molecule has 0 aliphatic rings. The Morgan fingerprint density at radius 3 is 2.54 bits per heavy atom. The van der Waals surface area contributed by atoms with Gasteiger partial charge < -0.3 is 25.3 Å². The van der Waals surface area contributed by atoms with Crippen LogP contribution in [0.2, 0.25) is 0 Å². The number of nitrogens with two attached hydrogens (primary N) is 1. The molecule has 2 rings (SSSR count). The van der Waals surface area contributed by atoms with Crippen molar-refractivity contribution in [2.45, 2.75) is 13.2 Å². The molecule has 0 aromatic heterocycles. The van der Waals surface area contributed by atoms with E-state index in [1.165, 1.54) is 0 Å². The number of methoxy groups -OCH3 is 3. The van der Waals surface area contributed by atoms with E-state index in [2.05, 4.69) is 26.2 Å². The van der Waals surface area contributed by atoms with Crippen molar-refractivity contribution in [2.75, 3.05) is 26.6 Å². The molecular weight excluding hydrogens is 513 g/mol. The number of para-hydroxylation sites is 1. The van der Waals surface area contributed by atoms with Gasteiger partial charge in [-0.3, -0.25) is 0 Å². The maximum Gasteiger partial charge on any atom is 0.193 e. The SMILES string of the molecule is COCc1ccccc1NC(N)=NCc1cc(Br)c(OC)c(OC)c1.I. The van der Waals surface area contributed by atoms with Crippen molar-refractivity contribution in [3.8, 4) is 11.5 Å². The molecule has 8 heteroatoms. The summed E-state index contributed by atoms with van der Waals surface area (Å²) in [6.07, 6.45) is 0. The van der Waals surface area contributed by atoms with Gasteiger partial charge in [0.25, 0.3) is 0 Å². The first-order chi connectivity index (χ1) is 12.1. The molecule has 0 aliphatic carbocycles. The summed E-state index contributed by atoms with van der Waals surface area (Å²) in [6, 6.07) is 11.6. The summed E-state index contributed by atoms with van der Waals surface area (Å²) >= 11 is 3.47. The molecule has 0 saturated carbocycles. The van der Waals surface area contributed by atoms with E-state index in [4.69, 9.17) is 19.9 Å². The normalized spacial score (nSPS) is 10.8. The largest absolute Gasteiger partial charge is 0.493 e. The van der Waals surface area contributed by atoms with Crippen molar-refractivity contribution in [3.63, 3.8) is 0 Å². The van der Waals surface area contributed by atoms with Gasteiger partial charge in [-0.2, -0.15) is 0 Å². The van der Waals surface area contributed by atoms with Gasteiger partial charge in [0.2, 0.25) is 0 Å². The van der Waals surface area contributed by atoms with Crippen molar-refractivity contribution in [1.82, 2.24) is 0 Å². The molecule has 0 radical (unpaired) electrons. The standard InChI is InChI=1S/C18H22BrN3O3.HI/c1-23-11-13-6-4-5-7-15(13)22-18(20)21-10-12-8-14(19)17(25-3)16(9-12)24-2;/h4-9H,10-11H2,1-3H3,(H3,20,21,22);1H. The molecule has 6 nitrogen and oxygen atoms in total. The number of aliphatic imine (C=N–C) groups is 1. The van der Waals surface area contributed by atoms with Crippen molar-refractivity contribution < 1.29 is 14.2 Å². The fourth-order valence-corrected chi connectivity index (χ4v) is 2.99. The van der Waals surface area contributed by atoms with Gasteiger partial charge in [-0.1, -0.05) is 18.2 Å². The quantitative estimate of drug-likeness (QED) is 0.316. The molecule has 0 bridgehead atoms. The van der Waals surface area contributed by atoms with Gasteiger partial charge in [0, 0.05) is 18.4 Å². The van der Waals surface area contributed by atoms with E-state index < -0.39 is 0 Å². The fourth-order valence-electron chi connectivity index (χ4n) is 2.34. The first kappa shape index (κ1) is 22.5. The molecule has 0 aliphatic heterocycles. The molecule has 0 heterocycles. The minimum atomic E-state index is 0. The molecule has 0 fully saturated rings. The first-order valence-electron chi connectivity index (χ1n) is 7.63. The zero-order valence-electron chi connectivity index (χ0n) is 14.9. The highest BCUT2D eigenvalue weighted by molar-refractivity contribution is 14.0. The van der Waals surface area contributed by atoms with Gasteiger partial charge in [0.1, 0.15) is 0 Å². The molecule has 0 atom stereocenters. The van der Waals surface area contributed by atoms with Crippen molar-refractivity contribution in [2.24, 2.45) is 10.7 Å². The average molecular weight is 536 g/mol. The van der Waals surface area contributed by atoms with E-state index in [9.17, 15) is 0 Å². The molecule has 2 aromatic carbocycles. The maximum atomic E-state index is 6.01. The van der Waals surface area contributed by atoms with Crippen LogP contribution in [0.4, 0.5) is 5.69 Å². The summed E-state index contributed by atoms with van der Waals surface area (Å²) in [5.41, 5.74) is 8.84. The monoisotopic (exact) mass is 535 g/mol. The smallest absolute Gasteiger partial charge is 0.193 e. The molecule has 2 aromatic rings. The highest BCUT2D eigenvalue weighted by Gasteiger charge is 2.10. The second-order valence-corrected chi connectivity index (χ2v) is 6.08. The third-order valence-corrected chi connectivity index (χ3v) is 4.09. The van der Waals surface area contributed by atoms with Crippen LogP contribution in [0.5, 0.6) is 11.5 Å². The highest BCUT2D eigenvalue weighted by Crippen LogP contribution is 2.36. The lowest BCUT2D eigenvalue weighted by molar-refractivity contribution is 0.185. The molecule has 142 valence electrons. The van der Waals surface area contributed by atoms with Crippen LogP contribution >= 0.6 is 39.9 Å². The minimum Gasteiger partial charge on any atom is -0.493 e. The van der Waals surface area contributed by atoms with E-state index in [-0.39, 0.29) is 24.0 Å². The Morgan fingerprint density at radius 2 is 1.88 bits per heavy atom. The van der Waals surface area contributed by atoms with Crippen LogP contribution in [0.25, 0.3) is 0 Å². The Hall–Kier alpha value is -1.52. The van der Waals surface area contributed by atoms with Crippen molar-refractivity contribution in [1.29, 1.82) is 0 Å². The summed E-state index contributed by atoms with van der Waals surface area (Å²) in [4.78, 5) is 4.39. The van der Waals surface area contributed by atoms with Gasteiger partial charge in [0.15, 0.2) is 17.5 Å². The van der Waals surface area contributed by atoms with Gasteiger partial charge in [-0.15, -0.1) is 24.0 Å². The predicted molar refractivity (Wildman–Crippen MR) is 119 cm³/mol. The third-order valence-electron chi connectivity index (χ3n) is 3.51. The fraction of sp³-hybridized carbons (Fsp3) is 0.278. The minimum absolute atomic E-state index is 0. The number of ether oxygens (including phenoxy) is 3. The van der Waals surface area contributed by atoms with Crippen LogP contribution < -0.4 is 20.5 Å². The Kier molecular flexibility index (Phi) is 9.74. The summed E-state index contributed by atoms with van der Waals surface area (Å²) in [7, 11) is 4.85. The second kappa shape index (κ2) is 11.2. The summed E-state index contributed by atoms with van der Waals surface area (Å²) in [5, 5.41) is 3.11. The summed E-state index contributed by atoms with van der Waals surface area (Å²) in [5.74, 6) is 1.61. The average Bonchev–Trinajstić information content (AvgIpc) is 2.61. The first-order valence-corrected chi connectivity index (χ1v) is 8.42. The van der Waals surface area contributed by atoms with E-state index in [1.54, 1.807) is 21.3 Å². The molecule has 0 amide bonds. The van der Waals surface area contributed by atoms with E-state index in [0.29, 0.717) is 30.6 Å². The third kappa shape index (κ3) is 6.03. The number of nitrogens with one attached hydrogen (secondary N) is 1. The topological polar surface area (TPSA) is 78.1 Å². The summed E-state index contributed by atoms with van der Waals surface area (Å²) in [6.45, 7) is 0.906. The number of hydrogen-bond donors (Lipinski definition) is 2. The molecule has 0 saturated heterocycles. The number of anilines is 1. The molecule has 26 heavy (non-hydrogen) atoms. The molecule has 0 unspecified atom stereocenters. The Labute approximate surface area is 179 Å². The Bertz CT molecular complexity index is 756. The van der Waals surface area contributed by atoms with Gasteiger partial charge >= 0.3 is 0 Å². The lowest BCUT2D eigenvalue weighted by atomic mass is 10.2. The van der Waals surface area contributed by atoms with E-state index >= 15 is 0 Å². The molecular formula is C18H23BrIN3O3. The Morgan fingerprint density at radius 1 is 1.15 bits per heavy atom. The lowest BCUT2D eigenvalue weighted by Crippen LogP contribution is -2.23.